The van der Waals surface area contributed by atoms with Crippen molar-refractivity contribution < 1.29 is 4.79 Å². The smallest absolute Gasteiger partial charge is 0.270 e. The Morgan fingerprint density at radius 3 is 3.07 bits per heavy atom. The average Bonchev–Trinajstić information content (AvgIpc) is 2.57. The third-order valence-corrected chi connectivity index (χ3v) is 4.05. The second-order valence-corrected chi connectivity index (χ2v) is 4.77. The molecule has 1 aliphatic carbocycles. The van der Waals surface area contributed by atoms with Crippen molar-refractivity contribution in [1.29, 1.82) is 0 Å². The molecule has 0 spiro atoms. The minimum absolute atomic E-state index is 0.130. The van der Waals surface area contributed by atoms with Gasteiger partial charge >= 0.3 is 0 Å². The quantitative estimate of drug-likeness (QED) is 0.612. The van der Waals surface area contributed by atoms with Crippen LogP contribution in [0.3, 0.4) is 0 Å². The van der Waals surface area contributed by atoms with Crippen LogP contribution in [0, 0.1) is 5.92 Å². The van der Waals surface area contributed by atoms with Gasteiger partial charge in [0.25, 0.3) is 5.91 Å². The summed E-state index contributed by atoms with van der Waals surface area (Å²) in [6.07, 6.45) is 4.55. The molecule has 0 fully saturated rings. The zero-order valence-corrected chi connectivity index (χ0v) is 8.38. The van der Waals surface area contributed by atoms with Crippen LogP contribution in [0.4, 0.5) is 0 Å². The fourth-order valence-corrected chi connectivity index (χ4v) is 3.45. The number of allylic oxidation sites excluding steroid dienone is 1. The first-order chi connectivity index (χ1) is 6.86. The third-order valence-electron chi connectivity index (χ3n) is 2.81. The van der Waals surface area contributed by atoms with Crippen LogP contribution in [0.2, 0.25) is 0 Å². The highest BCUT2D eigenvalue weighted by atomic mass is 32.2. The van der Waals surface area contributed by atoms with Crippen molar-refractivity contribution in [2.45, 2.75) is 25.7 Å². The molecule has 0 saturated heterocycles. The van der Waals surface area contributed by atoms with Gasteiger partial charge in [0.15, 0.2) is 0 Å². The standard InChI is InChI=1S/C9H9N3OS/c13-8-7-5-3-1-2-4-6(5)14-9(7)11-12-10-8/h7H,1-4H2. The van der Waals surface area contributed by atoms with E-state index in [9.17, 15) is 4.79 Å². The monoisotopic (exact) mass is 207 g/mol. The number of thioether (sulfide) groups is 1. The van der Waals surface area contributed by atoms with E-state index in [1.54, 1.807) is 11.8 Å². The summed E-state index contributed by atoms with van der Waals surface area (Å²) in [5, 5.41) is 11.8. The zero-order chi connectivity index (χ0) is 9.54. The van der Waals surface area contributed by atoms with Gasteiger partial charge in [-0.25, -0.2) is 0 Å². The molecule has 5 heteroatoms. The normalized spacial score (nSPS) is 30.1. The number of rotatable bonds is 0. The van der Waals surface area contributed by atoms with E-state index >= 15 is 0 Å². The summed E-state index contributed by atoms with van der Waals surface area (Å²) in [6.45, 7) is 0. The number of nitrogens with zero attached hydrogens (tertiary/aromatic N) is 3. The molecule has 4 nitrogen and oxygen atoms in total. The molecular formula is C9H9N3OS. The lowest BCUT2D eigenvalue weighted by atomic mass is 9.89. The predicted octanol–water partition coefficient (Wildman–Crippen LogP) is 2.48. The van der Waals surface area contributed by atoms with Gasteiger partial charge < -0.3 is 0 Å². The van der Waals surface area contributed by atoms with Crippen LogP contribution in [0.1, 0.15) is 25.7 Å². The minimum atomic E-state index is -0.159. The van der Waals surface area contributed by atoms with E-state index in [0.29, 0.717) is 0 Å². The molecule has 0 saturated carbocycles. The first-order valence-electron chi connectivity index (χ1n) is 4.78. The molecule has 3 rings (SSSR count). The van der Waals surface area contributed by atoms with E-state index in [2.05, 4.69) is 15.4 Å². The van der Waals surface area contributed by atoms with E-state index in [0.717, 1.165) is 17.9 Å². The maximum atomic E-state index is 11.5. The number of carbonyl (C=O) groups is 1. The van der Waals surface area contributed by atoms with E-state index in [-0.39, 0.29) is 11.8 Å². The molecule has 72 valence electrons. The molecule has 0 radical (unpaired) electrons. The van der Waals surface area contributed by atoms with Gasteiger partial charge in [-0.3, -0.25) is 4.79 Å². The minimum Gasteiger partial charge on any atom is -0.270 e. The maximum Gasteiger partial charge on any atom is 0.280 e. The predicted molar refractivity (Wildman–Crippen MR) is 53.9 cm³/mol. The Kier molecular flexibility index (Phi) is 1.80. The van der Waals surface area contributed by atoms with Gasteiger partial charge in [-0.1, -0.05) is 16.9 Å². The second-order valence-electron chi connectivity index (χ2n) is 3.66. The molecule has 1 amide bonds. The summed E-state index contributed by atoms with van der Waals surface area (Å²) in [5.74, 6) is -0.290. The van der Waals surface area contributed by atoms with Crippen LogP contribution in [0.25, 0.3) is 0 Å². The van der Waals surface area contributed by atoms with Crippen molar-refractivity contribution >= 4 is 22.7 Å². The Labute approximate surface area is 85.5 Å². The summed E-state index contributed by atoms with van der Waals surface area (Å²) in [6, 6.07) is 0. The number of hydrogen-bond acceptors (Lipinski definition) is 4. The lowest BCUT2D eigenvalue weighted by molar-refractivity contribution is -0.119. The average molecular weight is 207 g/mol. The van der Waals surface area contributed by atoms with Crippen LogP contribution in [0.15, 0.2) is 25.9 Å². The van der Waals surface area contributed by atoms with Crippen molar-refractivity contribution in [2.75, 3.05) is 0 Å². The molecule has 1 atom stereocenters. The van der Waals surface area contributed by atoms with Crippen molar-refractivity contribution in [2.24, 2.45) is 21.4 Å². The maximum absolute atomic E-state index is 11.5. The molecule has 2 heterocycles. The highest BCUT2D eigenvalue weighted by Crippen LogP contribution is 2.47. The highest BCUT2D eigenvalue weighted by Gasteiger charge is 2.40. The largest absolute Gasteiger partial charge is 0.280 e. The Bertz CT molecular complexity index is 397. The summed E-state index contributed by atoms with van der Waals surface area (Å²) >= 11 is 1.64. The molecule has 3 aliphatic rings. The Hall–Kier alpha value is -0.970. The van der Waals surface area contributed by atoms with Gasteiger partial charge in [0.1, 0.15) is 11.0 Å². The fourth-order valence-electron chi connectivity index (χ4n) is 2.16. The molecule has 0 aromatic heterocycles. The van der Waals surface area contributed by atoms with Gasteiger partial charge in [0.2, 0.25) is 0 Å². The van der Waals surface area contributed by atoms with Crippen LogP contribution >= 0.6 is 11.8 Å². The van der Waals surface area contributed by atoms with Gasteiger partial charge in [0.05, 0.1) is 0 Å². The fraction of sp³-hybridized carbons (Fsp3) is 0.556. The van der Waals surface area contributed by atoms with Gasteiger partial charge in [-0.05, 0) is 41.4 Å². The van der Waals surface area contributed by atoms with Crippen molar-refractivity contribution in [3.05, 3.63) is 10.5 Å². The molecule has 0 aromatic carbocycles. The number of carbonyl (C=O) groups excluding carboxylic acids is 1. The third kappa shape index (κ3) is 1.08. The topological polar surface area (TPSA) is 54.1 Å². The van der Waals surface area contributed by atoms with Crippen LogP contribution in [0.5, 0.6) is 0 Å². The van der Waals surface area contributed by atoms with Gasteiger partial charge in [0, 0.05) is 0 Å². The van der Waals surface area contributed by atoms with Gasteiger partial charge in [-0.2, -0.15) is 0 Å². The summed E-state index contributed by atoms with van der Waals surface area (Å²) in [4.78, 5) is 12.9. The van der Waals surface area contributed by atoms with Crippen LogP contribution in [-0.4, -0.2) is 11.0 Å². The zero-order valence-electron chi connectivity index (χ0n) is 7.56. The number of amides is 1. The SMILES string of the molecule is O=C1N=NN=C2SC3=C(CCCC3)C12. The number of hydrogen-bond donors (Lipinski definition) is 0. The van der Waals surface area contributed by atoms with Crippen molar-refractivity contribution in [3.63, 3.8) is 0 Å². The first kappa shape index (κ1) is 8.35. The molecule has 1 unspecified atom stereocenters. The molecule has 0 aromatic rings. The Morgan fingerprint density at radius 1 is 1.29 bits per heavy atom. The van der Waals surface area contributed by atoms with E-state index in [1.807, 2.05) is 0 Å². The van der Waals surface area contributed by atoms with Crippen molar-refractivity contribution in [1.82, 2.24) is 0 Å². The highest BCUT2D eigenvalue weighted by molar-refractivity contribution is 8.17. The first-order valence-corrected chi connectivity index (χ1v) is 5.60. The Balaban J connectivity index is 2.03. The lowest BCUT2D eigenvalue weighted by Crippen LogP contribution is -2.21. The summed E-state index contributed by atoms with van der Waals surface area (Å²) in [5.41, 5.74) is 1.27. The van der Waals surface area contributed by atoms with E-state index in [4.69, 9.17) is 0 Å². The van der Waals surface area contributed by atoms with Crippen LogP contribution < -0.4 is 0 Å². The van der Waals surface area contributed by atoms with Crippen molar-refractivity contribution in [3.8, 4) is 0 Å². The molecule has 2 aliphatic heterocycles. The summed E-state index contributed by atoms with van der Waals surface area (Å²) in [7, 11) is 0. The van der Waals surface area contributed by atoms with Gasteiger partial charge in [-0.15, -0.1) is 5.10 Å². The summed E-state index contributed by atoms with van der Waals surface area (Å²) < 4.78 is 0. The van der Waals surface area contributed by atoms with Crippen LogP contribution in [-0.2, 0) is 4.79 Å². The molecule has 14 heavy (non-hydrogen) atoms. The van der Waals surface area contributed by atoms with E-state index in [1.165, 1.54) is 23.3 Å². The van der Waals surface area contributed by atoms with E-state index < -0.39 is 0 Å². The second kappa shape index (κ2) is 3.02. The molecule has 0 N–H and O–H groups in total. The molecule has 0 bridgehead atoms. The lowest BCUT2D eigenvalue weighted by Gasteiger charge is -2.15. The Morgan fingerprint density at radius 2 is 2.14 bits per heavy atom. The number of fused-ring (bicyclic) bond motifs is 2. The molecular weight excluding hydrogens is 198 g/mol.